The summed E-state index contributed by atoms with van der Waals surface area (Å²) in [5.74, 6) is 0.955. The zero-order valence-corrected chi connectivity index (χ0v) is 15.3. The number of ether oxygens (including phenoxy) is 1. The molecule has 0 fully saturated rings. The number of hydrogen-bond donors (Lipinski definition) is 1. The summed E-state index contributed by atoms with van der Waals surface area (Å²) in [7, 11) is 0. The van der Waals surface area contributed by atoms with E-state index in [-0.39, 0.29) is 6.04 Å². The van der Waals surface area contributed by atoms with Crippen LogP contribution in [-0.2, 0) is 6.42 Å². The molecule has 3 rings (SSSR count). The van der Waals surface area contributed by atoms with E-state index in [0.29, 0.717) is 0 Å². The molecule has 2 N–H and O–H groups in total. The monoisotopic (exact) mass is 465 g/mol. The average Bonchev–Trinajstić information content (AvgIpc) is 2.95. The fourth-order valence-electron chi connectivity index (χ4n) is 2.20. The highest BCUT2D eigenvalue weighted by molar-refractivity contribution is 9.13. The van der Waals surface area contributed by atoms with Crippen LogP contribution < -0.4 is 10.5 Å². The molecule has 1 aromatic heterocycles. The van der Waals surface area contributed by atoms with Gasteiger partial charge in [-0.15, -0.1) is 11.3 Å². The van der Waals surface area contributed by atoms with Gasteiger partial charge < -0.3 is 10.5 Å². The van der Waals surface area contributed by atoms with E-state index in [2.05, 4.69) is 66.0 Å². The molecule has 100 valence electrons. The topological polar surface area (TPSA) is 35.2 Å². The fraction of sp³-hybridized carbons (Fsp3) is 0.231. The first-order chi connectivity index (χ1) is 9.06. The van der Waals surface area contributed by atoms with E-state index in [1.165, 1.54) is 5.56 Å². The SMILES string of the molecule is NC(c1cc(Br)c(Br)s1)c1cc(Br)cc2c1OCC2. The summed E-state index contributed by atoms with van der Waals surface area (Å²) in [6.45, 7) is 0.739. The summed E-state index contributed by atoms with van der Waals surface area (Å²) >= 11 is 12.2. The van der Waals surface area contributed by atoms with E-state index in [9.17, 15) is 0 Å². The normalized spacial score (nSPS) is 15.2. The second-order valence-corrected chi connectivity index (χ2v) is 8.50. The van der Waals surface area contributed by atoms with Gasteiger partial charge in [0, 0.05) is 25.8 Å². The van der Waals surface area contributed by atoms with Crippen LogP contribution in [0.5, 0.6) is 5.75 Å². The van der Waals surface area contributed by atoms with Gasteiger partial charge in [-0.25, -0.2) is 0 Å². The van der Waals surface area contributed by atoms with Crippen molar-refractivity contribution in [3.05, 3.63) is 46.9 Å². The minimum atomic E-state index is -0.169. The molecule has 1 unspecified atom stereocenters. The van der Waals surface area contributed by atoms with Gasteiger partial charge in [0.25, 0.3) is 0 Å². The lowest BCUT2D eigenvalue weighted by atomic mass is 10.0. The van der Waals surface area contributed by atoms with E-state index in [1.807, 2.05) is 0 Å². The van der Waals surface area contributed by atoms with Crippen LogP contribution in [0.2, 0.25) is 0 Å². The second kappa shape index (κ2) is 5.48. The number of hydrogen-bond acceptors (Lipinski definition) is 3. The molecule has 1 atom stereocenters. The number of nitrogens with two attached hydrogens (primary N) is 1. The first kappa shape index (κ1) is 14.1. The molecule has 6 heteroatoms. The zero-order valence-electron chi connectivity index (χ0n) is 9.75. The Kier molecular flexibility index (Phi) is 4.06. The molecule has 0 radical (unpaired) electrons. The average molecular weight is 468 g/mol. The van der Waals surface area contributed by atoms with Crippen LogP contribution in [0.4, 0.5) is 0 Å². The molecule has 0 spiro atoms. The zero-order chi connectivity index (χ0) is 13.6. The van der Waals surface area contributed by atoms with Crippen molar-refractivity contribution in [1.82, 2.24) is 0 Å². The van der Waals surface area contributed by atoms with Gasteiger partial charge in [-0.3, -0.25) is 0 Å². The van der Waals surface area contributed by atoms with Gasteiger partial charge in [0.15, 0.2) is 0 Å². The molecule has 1 aliphatic heterocycles. The Morgan fingerprint density at radius 2 is 2.00 bits per heavy atom. The van der Waals surface area contributed by atoms with Gasteiger partial charge in [-0.2, -0.15) is 0 Å². The quantitative estimate of drug-likeness (QED) is 0.673. The fourth-order valence-corrected chi connectivity index (χ4v) is 4.83. The molecule has 0 amide bonds. The lowest BCUT2D eigenvalue weighted by Gasteiger charge is -2.15. The van der Waals surface area contributed by atoms with Gasteiger partial charge in [0.1, 0.15) is 5.75 Å². The van der Waals surface area contributed by atoms with Gasteiger partial charge in [0.05, 0.1) is 16.4 Å². The van der Waals surface area contributed by atoms with Crippen molar-refractivity contribution in [2.24, 2.45) is 5.73 Å². The lowest BCUT2D eigenvalue weighted by Crippen LogP contribution is -2.11. The van der Waals surface area contributed by atoms with Crippen LogP contribution in [0.1, 0.15) is 22.0 Å². The Hall–Kier alpha value is 0.120. The van der Waals surface area contributed by atoms with Crippen LogP contribution >= 0.6 is 59.1 Å². The number of thiophene rings is 1. The molecule has 0 saturated heterocycles. The maximum absolute atomic E-state index is 6.41. The summed E-state index contributed by atoms with van der Waals surface area (Å²) in [4.78, 5) is 1.11. The van der Waals surface area contributed by atoms with E-state index in [1.54, 1.807) is 11.3 Å². The van der Waals surface area contributed by atoms with Crippen molar-refractivity contribution in [2.45, 2.75) is 12.5 Å². The third-order valence-electron chi connectivity index (χ3n) is 3.08. The Balaban J connectivity index is 2.07. The lowest BCUT2D eigenvalue weighted by molar-refractivity contribution is 0.352. The molecular weight excluding hydrogens is 458 g/mol. The number of rotatable bonds is 2. The molecule has 2 heterocycles. The van der Waals surface area contributed by atoms with Crippen molar-refractivity contribution >= 4 is 59.1 Å². The van der Waals surface area contributed by atoms with Crippen molar-refractivity contribution in [2.75, 3.05) is 6.61 Å². The Labute approximate surface area is 140 Å². The van der Waals surface area contributed by atoms with Crippen molar-refractivity contribution in [3.8, 4) is 5.75 Å². The number of fused-ring (bicyclic) bond motifs is 1. The molecule has 1 aromatic carbocycles. The first-order valence-corrected chi connectivity index (χ1v) is 8.91. The molecule has 0 aliphatic carbocycles. The maximum atomic E-state index is 6.41. The first-order valence-electron chi connectivity index (χ1n) is 5.71. The predicted octanol–water partition coefficient (Wildman–Crippen LogP) is 5.02. The van der Waals surface area contributed by atoms with Crippen molar-refractivity contribution in [1.29, 1.82) is 0 Å². The van der Waals surface area contributed by atoms with Gasteiger partial charge >= 0.3 is 0 Å². The van der Waals surface area contributed by atoms with Crippen molar-refractivity contribution < 1.29 is 4.74 Å². The molecule has 2 aromatic rings. The van der Waals surface area contributed by atoms with Crippen LogP contribution in [0.15, 0.2) is 30.9 Å². The standard InChI is InChI=1S/C13H10Br3NOS/c14-7-3-6-1-2-18-12(6)8(4-7)11(17)10-5-9(15)13(16)19-10/h3-5,11H,1-2,17H2. The summed E-state index contributed by atoms with van der Waals surface area (Å²) in [6, 6.07) is 6.05. The summed E-state index contributed by atoms with van der Waals surface area (Å²) in [5.41, 5.74) is 8.68. The molecule has 0 saturated carbocycles. The highest BCUT2D eigenvalue weighted by Crippen LogP contribution is 2.42. The summed E-state index contributed by atoms with van der Waals surface area (Å²) in [5, 5.41) is 0. The Morgan fingerprint density at radius 1 is 1.21 bits per heavy atom. The van der Waals surface area contributed by atoms with E-state index >= 15 is 0 Å². The molecule has 2 nitrogen and oxygen atoms in total. The van der Waals surface area contributed by atoms with E-state index in [4.69, 9.17) is 10.5 Å². The number of halogens is 3. The molecule has 19 heavy (non-hydrogen) atoms. The molecule has 1 aliphatic rings. The van der Waals surface area contributed by atoms with Crippen LogP contribution in [-0.4, -0.2) is 6.61 Å². The van der Waals surface area contributed by atoms with Crippen molar-refractivity contribution in [3.63, 3.8) is 0 Å². The van der Waals surface area contributed by atoms with Gasteiger partial charge in [-0.1, -0.05) is 15.9 Å². The van der Waals surface area contributed by atoms with Gasteiger partial charge in [0.2, 0.25) is 0 Å². The second-order valence-electron chi connectivity index (χ2n) is 4.33. The van der Waals surface area contributed by atoms with Crippen LogP contribution in [0.25, 0.3) is 0 Å². The maximum Gasteiger partial charge on any atom is 0.127 e. The van der Waals surface area contributed by atoms with Crippen LogP contribution in [0.3, 0.4) is 0 Å². The minimum absolute atomic E-state index is 0.169. The van der Waals surface area contributed by atoms with Crippen LogP contribution in [0, 0.1) is 0 Å². The highest BCUT2D eigenvalue weighted by atomic mass is 79.9. The minimum Gasteiger partial charge on any atom is -0.493 e. The Bertz CT molecular complexity index is 622. The predicted molar refractivity (Wildman–Crippen MR) is 89.1 cm³/mol. The van der Waals surface area contributed by atoms with Gasteiger partial charge in [-0.05, 0) is 55.6 Å². The molecule has 0 bridgehead atoms. The largest absolute Gasteiger partial charge is 0.493 e. The smallest absolute Gasteiger partial charge is 0.127 e. The highest BCUT2D eigenvalue weighted by Gasteiger charge is 2.23. The molecular formula is C13H10Br3NOS. The Morgan fingerprint density at radius 3 is 2.68 bits per heavy atom. The van der Waals surface area contributed by atoms with E-state index in [0.717, 1.165) is 41.9 Å². The summed E-state index contributed by atoms with van der Waals surface area (Å²) in [6.07, 6.45) is 0.951. The third kappa shape index (κ3) is 2.65. The third-order valence-corrected chi connectivity index (χ3v) is 6.88. The summed E-state index contributed by atoms with van der Waals surface area (Å²) < 4.78 is 8.90. The van der Waals surface area contributed by atoms with E-state index < -0.39 is 0 Å². The number of benzene rings is 1.